The van der Waals surface area contributed by atoms with Gasteiger partial charge in [-0.2, -0.15) is 0 Å². The van der Waals surface area contributed by atoms with Gasteiger partial charge in [0.2, 0.25) is 0 Å². The first-order valence-electron chi connectivity index (χ1n) is 12.9. The van der Waals surface area contributed by atoms with E-state index in [2.05, 4.69) is 33.0 Å². The topological polar surface area (TPSA) is 120 Å². The molecule has 0 heterocycles. The first-order chi connectivity index (χ1) is 17.1. The molecule has 0 saturated heterocycles. The molecule has 0 saturated carbocycles. The molecule has 1 aromatic rings. The van der Waals surface area contributed by atoms with Gasteiger partial charge in [-0.15, -0.1) is 0 Å². The van der Waals surface area contributed by atoms with Crippen molar-refractivity contribution in [1.82, 2.24) is 5.06 Å². The number of halogens is 1. The predicted molar refractivity (Wildman–Crippen MR) is 148 cm³/mol. The molecule has 0 aromatic heterocycles. The van der Waals surface area contributed by atoms with Gasteiger partial charge in [0.15, 0.2) is 0 Å². The second-order valence-electron chi connectivity index (χ2n) is 9.53. The fourth-order valence-electron chi connectivity index (χ4n) is 3.09. The molecule has 0 atom stereocenters. The number of nitro groups is 2. The van der Waals surface area contributed by atoms with Crippen molar-refractivity contribution in [3.8, 4) is 0 Å². The van der Waals surface area contributed by atoms with Crippen LogP contribution in [0.15, 0.2) is 18.2 Å². The van der Waals surface area contributed by atoms with E-state index in [9.17, 15) is 20.2 Å². The molecule has 0 aliphatic carbocycles. The second-order valence-corrected chi connectivity index (χ2v) is 15.6. The number of hydrogen-bond acceptors (Lipinski definition) is 8. The van der Waals surface area contributed by atoms with Gasteiger partial charge < -0.3 is 0 Å². The van der Waals surface area contributed by atoms with Crippen molar-refractivity contribution in [2.24, 2.45) is 0 Å². The minimum atomic E-state index is -0.642. The number of anilines is 1. The Morgan fingerprint density at radius 3 is 2.00 bits per heavy atom. The van der Waals surface area contributed by atoms with Gasteiger partial charge in [0.25, 0.3) is 0 Å². The number of hydrogen-bond donors (Lipinski definition) is 1. The quantitative estimate of drug-likeness (QED) is 0.132. The van der Waals surface area contributed by atoms with Crippen LogP contribution in [-0.2, 0) is 9.57 Å². The van der Waals surface area contributed by atoms with Crippen molar-refractivity contribution in [2.45, 2.75) is 102 Å². The third kappa shape index (κ3) is 16.1. The summed E-state index contributed by atoms with van der Waals surface area (Å²) in [4.78, 5) is 26.8. The number of rotatable bonds is 15. The first kappa shape index (κ1) is 37.6. The van der Waals surface area contributed by atoms with Gasteiger partial charge in [-0.25, -0.2) is 0 Å². The van der Waals surface area contributed by atoms with Crippen LogP contribution < -0.4 is 26.5 Å². The zero-order valence-corrected chi connectivity index (χ0v) is 27.1. The fourth-order valence-corrected chi connectivity index (χ4v) is 7.47. The summed E-state index contributed by atoms with van der Waals surface area (Å²) in [6, 6.07) is 3.63. The molecule has 0 amide bonds. The third-order valence-electron chi connectivity index (χ3n) is 4.97. The van der Waals surface area contributed by atoms with Crippen molar-refractivity contribution in [1.29, 1.82) is 0 Å². The summed E-state index contributed by atoms with van der Waals surface area (Å²) in [6.45, 7) is 24.6. The van der Waals surface area contributed by atoms with Crippen LogP contribution in [0.1, 0.15) is 89.0 Å². The van der Waals surface area contributed by atoms with Crippen molar-refractivity contribution < 1.29 is 40.6 Å². The summed E-state index contributed by atoms with van der Waals surface area (Å²) in [7, 11) is 1.93. The van der Waals surface area contributed by atoms with E-state index in [0.29, 0.717) is 19.6 Å². The summed E-state index contributed by atoms with van der Waals surface area (Å²) >= 11 is -0.322. The summed E-state index contributed by atoms with van der Waals surface area (Å²) in [6.07, 6.45) is 1.56. The van der Waals surface area contributed by atoms with Crippen molar-refractivity contribution in [2.75, 3.05) is 32.1 Å². The maximum absolute atomic E-state index is 11.4. The number of benzene rings is 1. The van der Waals surface area contributed by atoms with E-state index in [0.717, 1.165) is 19.0 Å². The van der Waals surface area contributed by atoms with E-state index in [1.807, 2.05) is 60.6 Å². The van der Waals surface area contributed by atoms with Crippen LogP contribution in [0.3, 0.4) is 0 Å². The van der Waals surface area contributed by atoms with Crippen LogP contribution in [0.2, 0.25) is 0 Å². The Labute approximate surface area is 234 Å². The van der Waals surface area contributed by atoms with Gasteiger partial charge in [0.05, 0.1) is 0 Å². The van der Waals surface area contributed by atoms with Crippen LogP contribution in [0.4, 0.5) is 17.1 Å². The van der Waals surface area contributed by atoms with E-state index in [-0.39, 0.29) is 45.3 Å². The van der Waals surface area contributed by atoms with Gasteiger partial charge in [0, 0.05) is 0 Å². The van der Waals surface area contributed by atoms with Gasteiger partial charge in [-0.3, -0.25) is 0 Å². The number of ether oxygens (including phenoxy) is 1. The molecule has 0 aliphatic rings. The van der Waals surface area contributed by atoms with Crippen LogP contribution >= 0.6 is 0 Å². The van der Waals surface area contributed by atoms with Crippen LogP contribution in [-0.4, -0.2) is 54.3 Å². The van der Waals surface area contributed by atoms with Gasteiger partial charge in [-0.05, 0) is 0 Å². The molecular weight excluding hydrogens is 591 g/mol. The van der Waals surface area contributed by atoms with Crippen LogP contribution in [0.25, 0.3) is 0 Å². The Kier molecular flexibility index (Phi) is 18.1. The van der Waals surface area contributed by atoms with Crippen LogP contribution in [0, 0.1) is 20.2 Å². The molecule has 37 heavy (non-hydrogen) atoms. The fraction of sp³-hybridized carbons (Fsp3) is 0.769. The predicted octanol–water partition coefficient (Wildman–Crippen LogP) is 4.03. The Morgan fingerprint density at radius 1 is 0.946 bits per heavy atom. The van der Waals surface area contributed by atoms with E-state index in [1.165, 1.54) is 12.1 Å². The number of alkyl halides is 2. The molecule has 1 rings (SSSR count). The minimum absolute atomic E-state index is 0.143. The second kappa shape index (κ2) is 17.8. The molecule has 1 aromatic carbocycles. The van der Waals surface area contributed by atoms with Gasteiger partial charge in [-0.1, -0.05) is 27.7 Å². The summed E-state index contributed by atoms with van der Waals surface area (Å²) in [5.41, 5.74) is -0.889. The molecule has 0 aliphatic heterocycles. The average molecular weight is 642 g/mol. The molecule has 0 bridgehead atoms. The van der Waals surface area contributed by atoms with Crippen molar-refractivity contribution in [3.05, 3.63) is 38.4 Å². The number of nitrogens with zero attached hydrogens (tertiary/aromatic N) is 3. The third-order valence-corrected chi connectivity index (χ3v) is 8.58. The Hall–Kier alpha value is -1.57. The SMILES string of the molecule is CC.CC.CCN(C)OCCC(C)(C)[I-]C(C)(C)OCCC(C)(C)Nc1ccc([N+](=O)[O-])cc1[N+](=O)[O-]. The summed E-state index contributed by atoms with van der Waals surface area (Å²) < 4.78 is 6.15. The van der Waals surface area contributed by atoms with Gasteiger partial charge >= 0.3 is 207 Å². The molecule has 1 N–H and O–H groups in total. The average Bonchev–Trinajstić information content (AvgIpc) is 2.80. The molecular formula is C26H50IN4O6-. The summed E-state index contributed by atoms with van der Waals surface area (Å²) in [5.74, 6) is 0. The molecule has 0 spiro atoms. The van der Waals surface area contributed by atoms with Gasteiger partial charge in [0.1, 0.15) is 0 Å². The first-order valence-corrected chi connectivity index (χ1v) is 15.1. The Balaban J connectivity index is 0. The van der Waals surface area contributed by atoms with E-state index in [1.54, 1.807) is 0 Å². The van der Waals surface area contributed by atoms with E-state index in [4.69, 9.17) is 9.57 Å². The zero-order valence-electron chi connectivity index (χ0n) is 24.9. The zero-order chi connectivity index (χ0) is 29.4. The number of non-ortho nitro benzene ring substituents is 1. The van der Waals surface area contributed by atoms with Crippen molar-refractivity contribution >= 4 is 17.1 Å². The Morgan fingerprint density at radius 2 is 1.51 bits per heavy atom. The van der Waals surface area contributed by atoms with Crippen molar-refractivity contribution in [3.63, 3.8) is 0 Å². The molecule has 10 nitrogen and oxygen atoms in total. The maximum atomic E-state index is 11.4. The standard InChI is InChI=1S/C22H38IN4O6.2C2H6/c1-9-25(8)33-15-12-20(2,3)23-22(6,7)32-14-13-21(4,5)24-18-11-10-17(26(28)29)16-19(18)27(30)31;2*1-2/h10-11,16,24H,9,12-15H2,1-8H3;2*1-2H3/q-1;;. The molecule has 0 radical (unpaired) electrons. The number of nitrogens with one attached hydrogen (secondary N) is 1. The van der Waals surface area contributed by atoms with E-state index < -0.39 is 15.4 Å². The summed E-state index contributed by atoms with van der Waals surface area (Å²) in [5, 5.41) is 27.3. The normalized spacial score (nSPS) is 11.8. The molecule has 0 unspecified atom stereocenters. The molecule has 0 fully saturated rings. The molecule has 218 valence electrons. The van der Waals surface area contributed by atoms with Crippen LogP contribution in [0.5, 0.6) is 0 Å². The monoisotopic (exact) mass is 641 g/mol. The Bertz CT molecular complexity index is 818. The number of nitro benzene ring substituents is 2. The van der Waals surface area contributed by atoms with E-state index >= 15 is 0 Å². The number of hydroxylamine groups is 2. The molecule has 11 heteroatoms.